The molecule has 7 heteroatoms. The Morgan fingerprint density at radius 1 is 1.29 bits per heavy atom. The van der Waals surface area contributed by atoms with Crippen LogP contribution < -0.4 is 11.1 Å². The number of anilines is 1. The first-order valence-corrected chi connectivity index (χ1v) is 6.42. The van der Waals surface area contributed by atoms with E-state index in [4.69, 9.17) is 17.3 Å². The minimum Gasteiger partial charge on any atom is -0.375 e. The number of carbonyl (C=O) groups is 1. The van der Waals surface area contributed by atoms with Gasteiger partial charge in [0.25, 0.3) is 5.69 Å². The summed E-state index contributed by atoms with van der Waals surface area (Å²) < 4.78 is 0. The van der Waals surface area contributed by atoms with E-state index in [1.54, 1.807) is 18.2 Å². The molecule has 0 unspecified atom stereocenters. The smallest absolute Gasteiger partial charge is 0.292 e. The summed E-state index contributed by atoms with van der Waals surface area (Å²) in [6.45, 7) is 0.294. The third kappa shape index (κ3) is 3.49. The third-order valence-corrected chi connectivity index (χ3v) is 3.27. The Morgan fingerprint density at radius 3 is 2.62 bits per heavy atom. The number of nitrogens with one attached hydrogen (secondary N) is 1. The highest BCUT2D eigenvalue weighted by molar-refractivity contribution is 6.31. The number of nitrogens with two attached hydrogens (primary N) is 1. The van der Waals surface area contributed by atoms with E-state index < -0.39 is 10.8 Å². The van der Waals surface area contributed by atoms with Gasteiger partial charge in [-0.3, -0.25) is 14.9 Å². The number of nitro benzene ring substituents is 1. The lowest BCUT2D eigenvalue weighted by molar-refractivity contribution is -0.384. The van der Waals surface area contributed by atoms with Crippen molar-refractivity contribution in [2.75, 3.05) is 5.32 Å². The lowest BCUT2D eigenvalue weighted by atomic mass is 10.1. The van der Waals surface area contributed by atoms with Gasteiger partial charge in [0.1, 0.15) is 5.69 Å². The van der Waals surface area contributed by atoms with Crippen LogP contribution in [0.4, 0.5) is 11.4 Å². The maximum Gasteiger partial charge on any atom is 0.292 e. The molecule has 2 aromatic rings. The summed E-state index contributed by atoms with van der Waals surface area (Å²) in [6, 6.07) is 11.1. The Morgan fingerprint density at radius 2 is 2.00 bits per heavy atom. The lowest BCUT2D eigenvalue weighted by Crippen LogP contribution is -2.12. The van der Waals surface area contributed by atoms with Crippen LogP contribution >= 0.6 is 11.6 Å². The Bertz CT molecular complexity index is 704. The fourth-order valence-corrected chi connectivity index (χ4v) is 2.02. The van der Waals surface area contributed by atoms with Gasteiger partial charge in [0.15, 0.2) is 0 Å². The topological polar surface area (TPSA) is 98.3 Å². The van der Waals surface area contributed by atoms with E-state index in [-0.39, 0.29) is 16.9 Å². The van der Waals surface area contributed by atoms with Crippen molar-refractivity contribution in [1.82, 2.24) is 0 Å². The number of primary amides is 1. The molecule has 0 heterocycles. The maximum atomic E-state index is 11.2. The minimum atomic E-state index is -0.648. The van der Waals surface area contributed by atoms with Crippen molar-refractivity contribution in [3.63, 3.8) is 0 Å². The van der Waals surface area contributed by atoms with Crippen LogP contribution in [0.1, 0.15) is 15.9 Å². The Labute approximate surface area is 125 Å². The quantitative estimate of drug-likeness (QED) is 0.655. The van der Waals surface area contributed by atoms with Gasteiger partial charge in [-0.2, -0.15) is 0 Å². The van der Waals surface area contributed by atoms with Crippen LogP contribution in [-0.2, 0) is 6.54 Å². The Balaban J connectivity index is 2.29. The summed E-state index contributed by atoms with van der Waals surface area (Å²) in [4.78, 5) is 21.6. The van der Waals surface area contributed by atoms with E-state index in [9.17, 15) is 14.9 Å². The number of benzene rings is 2. The van der Waals surface area contributed by atoms with Gasteiger partial charge >= 0.3 is 0 Å². The van der Waals surface area contributed by atoms with Gasteiger partial charge in [0, 0.05) is 23.2 Å². The van der Waals surface area contributed by atoms with E-state index in [2.05, 4.69) is 5.32 Å². The maximum absolute atomic E-state index is 11.2. The van der Waals surface area contributed by atoms with E-state index in [1.807, 2.05) is 6.07 Å². The standard InChI is InChI=1S/C14H12ClN3O3/c15-11-4-2-1-3-10(11)8-17-12-7-9(14(16)19)5-6-13(12)18(20)21/h1-7,17H,8H2,(H2,16,19). The normalized spacial score (nSPS) is 10.1. The van der Waals surface area contributed by atoms with Gasteiger partial charge in [0.2, 0.25) is 5.91 Å². The molecular formula is C14H12ClN3O3. The van der Waals surface area contributed by atoms with Gasteiger partial charge in [-0.1, -0.05) is 29.8 Å². The number of rotatable bonds is 5. The number of nitro groups is 1. The molecule has 2 rings (SSSR count). The molecule has 0 saturated heterocycles. The van der Waals surface area contributed by atoms with Gasteiger partial charge in [-0.25, -0.2) is 0 Å². The van der Waals surface area contributed by atoms with Crippen LogP contribution in [0.25, 0.3) is 0 Å². The number of amides is 1. The predicted molar refractivity (Wildman–Crippen MR) is 80.4 cm³/mol. The van der Waals surface area contributed by atoms with Gasteiger partial charge < -0.3 is 11.1 Å². The Hall–Kier alpha value is -2.60. The van der Waals surface area contributed by atoms with Crippen LogP contribution in [0.3, 0.4) is 0 Å². The molecule has 21 heavy (non-hydrogen) atoms. The molecule has 0 bridgehead atoms. The second-order valence-electron chi connectivity index (χ2n) is 4.30. The van der Waals surface area contributed by atoms with Crippen molar-refractivity contribution in [1.29, 1.82) is 0 Å². The van der Waals surface area contributed by atoms with E-state index >= 15 is 0 Å². The third-order valence-electron chi connectivity index (χ3n) is 2.90. The number of carbonyl (C=O) groups excluding carboxylic acids is 1. The molecular weight excluding hydrogens is 294 g/mol. The van der Waals surface area contributed by atoms with Crippen molar-refractivity contribution in [2.45, 2.75) is 6.54 Å². The van der Waals surface area contributed by atoms with Crippen LogP contribution in [0.2, 0.25) is 5.02 Å². The first-order chi connectivity index (χ1) is 9.99. The van der Waals surface area contributed by atoms with Gasteiger partial charge in [0.05, 0.1) is 4.92 Å². The highest BCUT2D eigenvalue weighted by Gasteiger charge is 2.15. The molecule has 0 spiro atoms. The fourth-order valence-electron chi connectivity index (χ4n) is 1.82. The molecule has 3 N–H and O–H groups in total. The number of nitrogens with zero attached hydrogens (tertiary/aromatic N) is 1. The average Bonchev–Trinajstić information content (AvgIpc) is 2.46. The molecule has 0 aliphatic rings. The zero-order chi connectivity index (χ0) is 15.4. The largest absolute Gasteiger partial charge is 0.375 e. The van der Waals surface area contributed by atoms with Gasteiger partial charge in [-0.15, -0.1) is 0 Å². The Kier molecular flexibility index (Phi) is 4.39. The molecule has 6 nitrogen and oxygen atoms in total. The number of hydrogen-bond acceptors (Lipinski definition) is 4. The van der Waals surface area contributed by atoms with E-state index in [0.29, 0.717) is 11.6 Å². The summed E-state index contributed by atoms with van der Waals surface area (Å²) in [5.41, 5.74) is 6.26. The first-order valence-electron chi connectivity index (χ1n) is 6.04. The SMILES string of the molecule is NC(=O)c1ccc([N+](=O)[O-])c(NCc2ccccc2Cl)c1. The van der Waals surface area contributed by atoms with Crippen molar-refractivity contribution in [2.24, 2.45) is 5.73 Å². The van der Waals surface area contributed by atoms with Crippen LogP contribution in [-0.4, -0.2) is 10.8 Å². The fraction of sp³-hybridized carbons (Fsp3) is 0.0714. The molecule has 0 saturated carbocycles. The predicted octanol–water partition coefficient (Wildman–Crippen LogP) is 2.96. The second kappa shape index (κ2) is 6.23. The second-order valence-corrected chi connectivity index (χ2v) is 4.71. The number of halogens is 1. The summed E-state index contributed by atoms with van der Waals surface area (Å²) >= 11 is 6.03. The van der Waals surface area contributed by atoms with Crippen molar-refractivity contribution >= 4 is 28.9 Å². The van der Waals surface area contributed by atoms with Crippen LogP contribution in [0.5, 0.6) is 0 Å². The molecule has 0 aromatic heterocycles. The molecule has 108 valence electrons. The zero-order valence-corrected chi connectivity index (χ0v) is 11.6. The van der Waals surface area contributed by atoms with Gasteiger partial charge in [-0.05, 0) is 23.8 Å². The van der Waals surface area contributed by atoms with Crippen molar-refractivity contribution in [3.05, 3.63) is 68.7 Å². The first kappa shape index (κ1) is 14.8. The molecule has 2 aromatic carbocycles. The lowest BCUT2D eigenvalue weighted by Gasteiger charge is -2.09. The highest BCUT2D eigenvalue weighted by Crippen LogP contribution is 2.26. The summed E-state index contributed by atoms with van der Waals surface area (Å²) in [5.74, 6) is -0.648. The molecule has 0 radical (unpaired) electrons. The molecule has 0 aliphatic carbocycles. The molecule has 0 fully saturated rings. The van der Waals surface area contributed by atoms with Crippen molar-refractivity contribution in [3.8, 4) is 0 Å². The summed E-state index contributed by atoms with van der Waals surface area (Å²) in [5, 5.41) is 14.5. The van der Waals surface area contributed by atoms with Crippen LogP contribution in [0.15, 0.2) is 42.5 Å². The van der Waals surface area contributed by atoms with Crippen molar-refractivity contribution < 1.29 is 9.72 Å². The molecule has 1 amide bonds. The average molecular weight is 306 g/mol. The summed E-state index contributed by atoms with van der Waals surface area (Å²) in [6.07, 6.45) is 0. The highest BCUT2D eigenvalue weighted by atomic mass is 35.5. The zero-order valence-electron chi connectivity index (χ0n) is 10.9. The molecule has 0 atom stereocenters. The number of hydrogen-bond donors (Lipinski definition) is 2. The molecule has 0 aliphatic heterocycles. The van der Waals surface area contributed by atoms with E-state index in [0.717, 1.165) is 5.56 Å². The summed E-state index contributed by atoms with van der Waals surface area (Å²) in [7, 11) is 0. The van der Waals surface area contributed by atoms with E-state index in [1.165, 1.54) is 18.2 Å². The monoisotopic (exact) mass is 305 g/mol. The minimum absolute atomic E-state index is 0.132. The van der Waals surface area contributed by atoms with Crippen LogP contribution in [0, 0.1) is 10.1 Å².